The van der Waals surface area contributed by atoms with Gasteiger partial charge in [-0.1, -0.05) is 29.8 Å². The molecule has 106 valence electrons. The summed E-state index contributed by atoms with van der Waals surface area (Å²) in [7, 11) is 0. The molecule has 3 unspecified atom stereocenters. The first kappa shape index (κ1) is 16.3. The lowest BCUT2D eigenvalue weighted by atomic mass is 9.90. The van der Waals surface area contributed by atoms with Crippen LogP contribution in [0.3, 0.4) is 0 Å². The minimum atomic E-state index is -2.32. The van der Waals surface area contributed by atoms with Crippen LogP contribution in [0.4, 0.5) is 0 Å². The van der Waals surface area contributed by atoms with Gasteiger partial charge in [0.25, 0.3) is 0 Å². The second kappa shape index (κ2) is 7.12. The van der Waals surface area contributed by atoms with Crippen LogP contribution >= 0.6 is 15.9 Å². The molecule has 1 rings (SSSR count). The molecular formula is C12H17BrN2O3S. The predicted octanol–water partition coefficient (Wildman–Crippen LogP) is 2.05. The Bertz CT molecular complexity index is 468. The highest BCUT2D eigenvalue weighted by Gasteiger charge is 2.34. The zero-order valence-corrected chi connectivity index (χ0v) is 13.1. The smallest absolute Gasteiger partial charge is 0.236 e. The number of hydrogen-bond acceptors (Lipinski definition) is 3. The van der Waals surface area contributed by atoms with E-state index in [1.54, 1.807) is 18.3 Å². The number of hydrogen-bond donors (Lipinski definition) is 2. The highest BCUT2D eigenvalue weighted by Crippen LogP contribution is 2.29. The number of halogens is 1. The topological polar surface area (TPSA) is 93.3 Å². The molecule has 0 radical (unpaired) electrons. The molecule has 3 atom stereocenters. The zero-order valence-electron chi connectivity index (χ0n) is 10.7. The third-order valence-electron chi connectivity index (χ3n) is 2.71. The molecule has 1 amide bonds. The zero-order chi connectivity index (χ0) is 14.6. The van der Waals surface area contributed by atoms with E-state index in [-0.39, 0.29) is 5.92 Å². The van der Waals surface area contributed by atoms with E-state index in [2.05, 4.69) is 20.9 Å². The number of aromatic nitrogens is 1. The van der Waals surface area contributed by atoms with E-state index >= 15 is 0 Å². The highest BCUT2D eigenvalue weighted by atomic mass is 79.9. The summed E-state index contributed by atoms with van der Waals surface area (Å²) in [5, 5.41) is -1.15. The Morgan fingerprint density at radius 2 is 2.21 bits per heavy atom. The molecule has 1 heterocycles. The molecule has 7 heteroatoms. The number of amides is 1. The van der Waals surface area contributed by atoms with Gasteiger partial charge >= 0.3 is 0 Å². The maximum atomic E-state index is 11.5. The SMILES string of the molecule is CC(C)CC(c1cc(Br)ccn1)C(C(N)=O)S(=O)O. The van der Waals surface area contributed by atoms with Gasteiger partial charge in [-0.3, -0.25) is 9.78 Å². The van der Waals surface area contributed by atoms with Gasteiger partial charge in [0.15, 0.2) is 11.1 Å². The molecule has 0 saturated carbocycles. The number of rotatable bonds is 6. The third-order valence-corrected chi connectivity index (χ3v) is 4.20. The Hall–Kier alpha value is -0.790. The van der Waals surface area contributed by atoms with Crippen LogP contribution in [-0.4, -0.2) is 24.9 Å². The van der Waals surface area contributed by atoms with Gasteiger partial charge in [-0.25, -0.2) is 4.21 Å². The number of nitrogens with zero attached hydrogens (tertiary/aromatic N) is 1. The van der Waals surface area contributed by atoms with E-state index in [4.69, 9.17) is 5.73 Å². The van der Waals surface area contributed by atoms with Crippen LogP contribution in [0, 0.1) is 5.92 Å². The van der Waals surface area contributed by atoms with Gasteiger partial charge in [0, 0.05) is 22.3 Å². The van der Waals surface area contributed by atoms with Crippen LogP contribution in [0.5, 0.6) is 0 Å². The number of pyridine rings is 1. The minimum absolute atomic E-state index is 0.246. The average molecular weight is 349 g/mol. The Labute approximate surface area is 123 Å². The molecule has 0 aliphatic carbocycles. The lowest BCUT2D eigenvalue weighted by Gasteiger charge is -2.23. The Kier molecular flexibility index (Phi) is 6.09. The van der Waals surface area contributed by atoms with Crippen molar-refractivity contribution >= 4 is 32.9 Å². The summed E-state index contributed by atoms with van der Waals surface area (Å²) in [5.41, 5.74) is 5.85. The van der Waals surface area contributed by atoms with E-state index in [1.807, 2.05) is 13.8 Å². The summed E-state index contributed by atoms with van der Waals surface area (Å²) in [4.78, 5) is 15.6. The van der Waals surface area contributed by atoms with Crippen molar-refractivity contribution < 1.29 is 13.6 Å². The molecule has 0 bridgehead atoms. The quantitative estimate of drug-likeness (QED) is 0.769. The fourth-order valence-electron chi connectivity index (χ4n) is 1.97. The van der Waals surface area contributed by atoms with Gasteiger partial charge in [0.1, 0.15) is 5.25 Å². The Morgan fingerprint density at radius 1 is 1.58 bits per heavy atom. The molecule has 3 N–H and O–H groups in total. The fraction of sp³-hybridized carbons (Fsp3) is 0.500. The van der Waals surface area contributed by atoms with E-state index in [0.29, 0.717) is 12.1 Å². The molecule has 5 nitrogen and oxygen atoms in total. The molecule has 0 fully saturated rings. The van der Waals surface area contributed by atoms with E-state index in [9.17, 15) is 13.6 Å². The van der Waals surface area contributed by atoms with Crippen LogP contribution in [0.25, 0.3) is 0 Å². The second-order valence-electron chi connectivity index (χ2n) is 4.73. The number of carbonyl (C=O) groups excluding carboxylic acids is 1. The highest BCUT2D eigenvalue weighted by molar-refractivity contribution is 9.10. The van der Waals surface area contributed by atoms with Crippen LogP contribution in [-0.2, 0) is 15.9 Å². The standard InChI is InChI=1S/C12H17BrN2O3S/c1-7(2)5-9(11(12(14)16)19(17)18)10-6-8(13)3-4-15-10/h3-4,6-7,9,11H,5H2,1-2H3,(H2,14,16)(H,17,18). The van der Waals surface area contributed by atoms with Crippen LogP contribution in [0.1, 0.15) is 31.9 Å². The third kappa shape index (κ3) is 4.67. The van der Waals surface area contributed by atoms with Gasteiger partial charge in [-0.2, -0.15) is 0 Å². The van der Waals surface area contributed by atoms with Gasteiger partial charge in [0.2, 0.25) is 5.91 Å². The van der Waals surface area contributed by atoms with Crippen LogP contribution < -0.4 is 5.73 Å². The molecule has 1 aromatic heterocycles. The summed E-state index contributed by atoms with van der Waals surface area (Å²) in [6.45, 7) is 3.95. The first-order valence-corrected chi connectivity index (χ1v) is 7.79. The van der Waals surface area contributed by atoms with Crippen molar-refractivity contribution in [2.75, 3.05) is 0 Å². The largest absolute Gasteiger partial charge is 0.369 e. The molecule has 0 aliphatic rings. The van der Waals surface area contributed by atoms with Crippen molar-refractivity contribution in [3.8, 4) is 0 Å². The summed E-state index contributed by atoms with van der Waals surface area (Å²) in [5.74, 6) is -1.01. The maximum Gasteiger partial charge on any atom is 0.236 e. The van der Waals surface area contributed by atoms with Crippen molar-refractivity contribution in [3.05, 3.63) is 28.5 Å². The van der Waals surface area contributed by atoms with Crippen molar-refractivity contribution in [1.82, 2.24) is 4.98 Å². The summed E-state index contributed by atoms with van der Waals surface area (Å²) in [6, 6.07) is 3.50. The van der Waals surface area contributed by atoms with Crippen LogP contribution in [0.2, 0.25) is 0 Å². The maximum absolute atomic E-state index is 11.5. The van der Waals surface area contributed by atoms with Gasteiger partial charge in [-0.05, 0) is 24.5 Å². The van der Waals surface area contributed by atoms with E-state index in [0.717, 1.165) is 4.47 Å². The number of primary amides is 1. The average Bonchev–Trinajstić information content (AvgIpc) is 2.26. The summed E-state index contributed by atoms with van der Waals surface area (Å²) < 4.78 is 21.5. The Morgan fingerprint density at radius 3 is 2.63 bits per heavy atom. The molecule has 0 saturated heterocycles. The fourth-order valence-corrected chi connectivity index (χ4v) is 3.05. The lowest BCUT2D eigenvalue weighted by molar-refractivity contribution is -0.118. The van der Waals surface area contributed by atoms with Crippen LogP contribution in [0.15, 0.2) is 22.8 Å². The minimum Gasteiger partial charge on any atom is -0.369 e. The molecular weight excluding hydrogens is 332 g/mol. The summed E-state index contributed by atoms with van der Waals surface area (Å²) in [6.07, 6.45) is 2.15. The second-order valence-corrected chi connectivity index (χ2v) is 6.71. The first-order chi connectivity index (χ1) is 8.82. The molecule has 19 heavy (non-hydrogen) atoms. The van der Waals surface area contributed by atoms with Crippen molar-refractivity contribution in [2.24, 2.45) is 11.7 Å². The number of carbonyl (C=O) groups is 1. The predicted molar refractivity (Wildman–Crippen MR) is 77.9 cm³/mol. The van der Waals surface area contributed by atoms with Gasteiger partial charge in [-0.15, -0.1) is 0 Å². The molecule has 1 aromatic rings. The van der Waals surface area contributed by atoms with E-state index < -0.39 is 28.2 Å². The normalized spacial score (nSPS) is 16.1. The van der Waals surface area contributed by atoms with E-state index in [1.165, 1.54) is 0 Å². The molecule has 0 spiro atoms. The molecule has 0 aliphatic heterocycles. The van der Waals surface area contributed by atoms with Crippen molar-refractivity contribution in [2.45, 2.75) is 31.4 Å². The number of nitrogens with two attached hydrogens (primary N) is 1. The first-order valence-electron chi connectivity index (χ1n) is 5.83. The Balaban J connectivity index is 3.20. The van der Waals surface area contributed by atoms with Crippen molar-refractivity contribution in [3.63, 3.8) is 0 Å². The molecule has 0 aromatic carbocycles. The van der Waals surface area contributed by atoms with Gasteiger partial charge in [0.05, 0.1) is 0 Å². The monoisotopic (exact) mass is 348 g/mol. The summed E-state index contributed by atoms with van der Waals surface area (Å²) >= 11 is 1.01. The van der Waals surface area contributed by atoms with Gasteiger partial charge < -0.3 is 10.3 Å². The lowest BCUT2D eigenvalue weighted by Crippen LogP contribution is -2.38. The van der Waals surface area contributed by atoms with Crippen molar-refractivity contribution in [1.29, 1.82) is 0 Å².